The molecule has 0 aliphatic carbocycles. The molecular weight excluding hydrogens is 732 g/mol. The number of likely N-dealkylation sites (N-methyl/N-ethyl adjacent to an activating group) is 1. The summed E-state index contributed by atoms with van der Waals surface area (Å²) < 4.78 is 23.2. The van der Waals surface area contributed by atoms with Crippen LogP contribution in [0, 0.1) is 0 Å². The number of rotatable bonds is 43. The molecule has 0 aromatic carbocycles. The van der Waals surface area contributed by atoms with Crippen LogP contribution in [0.5, 0.6) is 0 Å². The van der Waals surface area contributed by atoms with Crippen molar-refractivity contribution in [2.75, 3.05) is 40.9 Å². The van der Waals surface area contributed by atoms with Crippen molar-refractivity contribution in [3.63, 3.8) is 0 Å². The quantitative estimate of drug-likeness (QED) is 0.0274. The minimum atomic E-state index is -4.59. The Morgan fingerprint density at radius 3 is 1.53 bits per heavy atom. The molecule has 0 heterocycles. The first kappa shape index (κ1) is 55.7. The van der Waals surface area contributed by atoms with Crippen LogP contribution in [0.4, 0.5) is 0 Å². The highest BCUT2D eigenvalue weighted by Gasteiger charge is 2.23. The summed E-state index contributed by atoms with van der Waals surface area (Å²) >= 11 is 0. The number of carbonyl (C=O) groups excluding carboxylic acids is 1. The zero-order valence-electron chi connectivity index (χ0n) is 38.0. The molecule has 8 nitrogen and oxygen atoms in total. The molecule has 3 atom stereocenters. The number of nitrogens with zero attached hydrogens (tertiary/aromatic N) is 1. The second kappa shape index (κ2) is 40.1. The van der Waals surface area contributed by atoms with E-state index in [0.29, 0.717) is 17.4 Å². The fourth-order valence-corrected chi connectivity index (χ4v) is 7.50. The molecule has 336 valence electrons. The molecule has 0 rings (SSSR count). The second-order valence-electron chi connectivity index (χ2n) is 17.5. The molecule has 9 heteroatoms. The molecular formula is C48H93N2O6P. The van der Waals surface area contributed by atoms with Crippen molar-refractivity contribution >= 4 is 13.7 Å². The van der Waals surface area contributed by atoms with E-state index in [-0.39, 0.29) is 19.1 Å². The SMILES string of the molecule is CCC/C=C\C/C=C\CCCCCCCC(=O)NC(COP(=O)([O-])OCC[N+](C)(C)C)C(O)/C=C/CCCCCCCCCCCCCCCCCCCCCC. The van der Waals surface area contributed by atoms with Crippen LogP contribution in [-0.2, 0) is 18.4 Å². The first-order valence-corrected chi connectivity index (χ1v) is 25.3. The molecule has 0 aliphatic heterocycles. The molecule has 3 unspecified atom stereocenters. The zero-order valence-corrected chi connectivity index (χ0v) is 38.9. The van der Waals surface area contributed by atoms with E-state index in [0.717, 1.165) is 70.6 Å². The van der Waals surface area contributed by atoms with Crippen LogP contribution < -0.4 is 10.2 Å². The standard InChI is InChI=1S/C48H93N2O6P/c1-6-8-10-12-14-16-18-20-21-22-23-24-25-26-27-28-30-31-33-35-37-39-41-47(51)46(45-56-57(53,54)55-44-43-50(3,4)5)49-48(52)42-40-38-36-34-32-29-19-17-15-13-11-9-7-2/h11,13,17,19,39,41,46-47,51H,6-10,12,14-16,18,20-38,40,42-45H2,1-5H3,(H-,49,52,53,54)/b13-11-,19-17-,41-39+. The largest absolute Gasteiger partial charge is 0.756 e. The number of carbonyl (C=O) groups is 1. The zero-order chi connectivity index (χ0) is 42.1. The summed E-state index contributed by atoms with van der Waals surface area (Å²) in [6, 6.07) is -0.892. The topological polar surface area (TPSA) is 108 Å². The molecule has 0 bridgehead atoms. The maximum atomic E-state index is 12.8. The second-order valence-corrected chi connectivity index (χ2v) is 18.9. The molecule has 0 saturated carbocycles. The summed E-state index contributed by atoms with van der Waals surface area (Å²) in [6.07, 6.45) is 49.1. The third-order valence-corrected chi connectivity index (χ3v) is 11.5. The van der Waals surface area contributed by atoms with Crippen molar-refractivity contribution in [1.29, 1.82) is 0 Å². The highest BCUT2D eigenvalue weighted by molar-refractivity contribution is 7.45. The maximum Gasteiger partial charge on any atom is 0.268 e. The number of hydrogen-bond acceptors (Lipinski definition) is 6. The van der Waals surface area contributed by atoms with E-state index in [1.54, 1.807) is 6.08 Å². The molecule has 0 aromatic heterocycles. The number of nitrogens with one attached hydrogen (secondary N) is 1. The van der Waals surface area contributed by atoms with Gasteiger partial charge in [-0.25, -0.2) is 0 Å². The first-order valence-electron chi connectivity index (χ1n) is 23.9. The number of allylic oxidation sites excluding steroid dienone is 5. The van der Waals surface area contributed by atoms with E-state index < -0.39 is 20.0 Å². The van der Waals surface area contributed by atoms with Crippen LogP contribution in [0.1, 0.15) is 213 Å². The molecule has 0 saturated heterocycles. The van der Waals surface area contributed by atoms with Gasteiger partial charge in [0, 0.05) is 6.42 Å². The fraction of sp³-hybridized carbons (Fsp3) is 0.854. The molecule has 0 spiro atoms. The summed E-state index contributed by atoms with van der Waals surface area (Å²) in [7, 11) is 1.25. The number of phosphoric ester groups is 1. The number of aliphatic hydroxyl groups is 1. The van der Waals surface area contributed by atoms with Crippen LogP contribution in [-0.4, -0.2) is 68.5 Å². The lowest BCUT2D eigenvalue weighted by Gasteiger charge is -2.29. The summed E-state index contributed by atoms with van der Waals surface area (Å²) in [5, 5.41) is 13.8. The van der Waals surface area contributed by atoms with E-state index in [4.69, 9.17) is 9.05 Å². The van der Waals surface area contributed by atoms with Gasteiger partial charge in [-0.05, 0) is 44.9 Å². The predicted octanol–water partition coefficient (Wildman–Crippen LogP) is 12.8. The Morgan fingerprint density at radius 1 is 0.614 bits per heavy atom. The van der Waals surface area contributed by atoms with Crippen LogP contribution in [0.25, 0.3) is 0 Å². The Bertz CT molecular complexity index is 1030. The Kier molecular flexibility index (Phi) is 39.2. The third-order valence-electron chi connectivity index (χ3n) is 10.6. The monoisotopic (exact) mass is 825 g/mol. The number of amides is 1. The van der Waals surface area contributed by atoms with Gasteiger partial charge in [0.1, 0.15) is 13.2 Å². The molecule has 57 heavy (non-hydrogen) atoms. The van der Waals surface area contributed by atoms with Crippen molar-refractivity contribution in [3.8, 4) is 0 Å². The molecule has 0 aliphatic rings. The van der Waals surface area contributed by atoms with Crippen molar-refractivity contribution in [2.24, 2.45) is 0 Å². The smallest absolute Gasteiger partial charge is 0.268 e. The van der Waals surface area contributed by atoms with Crippen LogP contribution in [0.3, 0.4) is 0 Å². The minimum Gasteiger partial charge on any atom is -0.756 e. The molecule has 0 aromatic rings. The number of aliphatic hydroxyl groups excluding tert-OH is 1. The summed E-state index contributed by atoms with van der Waals surface area (Å²) in [5.74, 6) is -0.212. The molecule has 1 amide bonds. The van der Waals surface area contributed by atoms with Crippen molar-refractivity contribution in [2.45, 2.75) is 225 Å². The fourth-order valence-electron chi connectivity index (χ4n) is 6.78. The normalized spacial score (nSPS) is 14.6. The van der Waals surface area contributed by atoms with Gasteiger partial charge in [0.15, 0.2) is 0 Å². The van der Waals surface area contributed by atoms with Gasteiger partial charge in [0.2, 0.25) is 5.91 Å². The molecule has 0 radical (unpaired) electrons. The molecule has 2 N–H and O–H groups in total. The van der Waals surface area contributed by atoms with E-state index in [1.165, 1.54) is 122 Å². The van der Waals surface area contributed by atoms with Crippen LogP contribution >= 0.6 is 7.82 Å². The average molecular weight is 825 g/mol. The van der Waals surface area contributed by atoms with Gasteiger partial charge < -0.3 is 28.8 Å². The highest BCUT2D eigenvalue weighted by atomic mass is 31.2. The first-order chi connectivity index (χ1) is 27.5. The van der Waals surface area contributed by atoms with Gasteiger partial charge in [-0.15, -0.1) is 0 Å². The summed E-state index contributed by atoms with van der Waals surface area (Å²) in [4.78, 5) is 25.3. The van der Waals surface area contributed by atoms with Gasteiger partial charge in [-0.2, -0.15) is 0 Å². The van der Waals surface area contributed by atoms with Crippen LogP contribution in [0.15, 0.2) is 36.5 Å². The van der Waals surface area contributed by atoms with Gasteiger partial charge >= 0.3 is 0 Å². The van der Waals surface area contributed by atoms with Gasteiger partial charge in [-0.1, -0.05) is 198 Å². The Balaban J connectivity index is 4.32. The van der Waals surface area contributed by atoms with Gasteiger partial charge in [0.05, 0.1) is 39.9 Å². The predicted molar refractivity (Wildman–Crippen MR) is 242 cm³/mol. The third kappa shape index (κ3) is 42.6. The van der Waals surface area contributed by atoms with E-state index in [2.05, 4.69) is 43.5 Å². The van der Waals surface area contributed by atoms with Gasteiger partial charge in [0.25, 0.3) is 7.82 Å². The number of phosphoric acid groups is 1. The minimum absolute atomic E-state index is 0.00405. The van der Waals surface area contributed by atoms with Crippen molar-refractivity contribution in [1.82, 2.24) is 5.32 Å². The molecule has 0 fully saturated rings. The lowest BCUT2D eigenvalue weighted by molar-refractivity contribution is -0.870. The lowest BCUT2D eigenvalue weighted by Crippen LogP contribution is -2.45. The van der Waals surface area contributed by atoms with E-state index in [1.807, 2.05) is 27.2 Å². The van der Waals surface area contributed by atoms with E-state index >= 15 is 0 Å². The Hall–Kier alpha value is -1.28. The Morgan fingerprint density at radius 2 is 1.05 bits per heavy atom. The maximum absolute atomic E-state index is 12.8. The van der Waals surface area contributed by atoms with Crippen molar-refractivity contribution < 1.29 is 32.9 Å². The number of hydrogen-bond donors (Lipinski definition) is 2. The summed E-state index contributed by atoms with van der Waals surface area (Å²) in [6.45, 7) is 4.58. The van der Waals surface area contributed by atoms with Crippen LogP contribution in [0.2, 0.25) is 0 Å². The average Bonchev–Trinajstić information content (AvgIpc) is 3.16. The Labute approximate surface area is 353 Å². The number of unbranched alkanes of at least 4 members (excludes halogenated alkanes) is 26. The van der Waals surface area contributed by atoms with Crippen molar-refractivity contribution in [3.05, 3.63) is 36.5 Å². The van der Waals surface area contributed by atoms with E-state index in [9.17, 15) is 19.4 Å². The number of quaternary nitrogens is 1. The summed E-state index contributed by atoms with van der Waals surface area (Å²) in [5.41, 5.74) is 0. The van der Waals surface area contributed by atoms with Gasteiger partial charge in [-0.3, -0.25) is 9.36 Å². The highest BCUT2D eigenvalue weighted by Crippen LogP contribution is 2.38. The lowest BCUT2D eigenvalue weighted by atomic mass is 10.0.